The lowest BCUT2D eigenvalue weighted by molar-refractivity contribution is -0.00607. The molecule has 3 atom stereocenters. The Kier molecular flexibility index (Phi) is 6.28. The number of hydrogen-bond donors (Lipinski definition) is 1. The number of methoxy groups -OCH3 is 2. The van der Waals surface area contributed by atoms with Gasteiger partial charge < -0.3 is 15.2 Å². The van der Waals surface area contributed by atoms with Crippen molar-refractivity contribution >= 4 is 0 Å². The second-order valence-corrected chi connectivity index (χ2v) is 4.64. The summed E-state index contributed by atoms with van der Waals surface area (Å²) >= 11 is 0. The quantitative estimate of drug-likeness (QED) is 0.735. The predicted molar refractivity (Wildman–Crippen MR) is 65.5 cm³/mol. The van der Waals surface area contributed by atoms with E-state index in [1.165, 1.54) is 0 Å². The van der Waals surface area contributed by atoms with Crippen LogP contribution in [0.5, 0.6) is 0 Å². The number of ether oxygens (including phenoxy) is 2. The Morgan fingerprint density at radius 1 is 1.44 bits per heavy atom. The molecule has 0 radical (unpaired) electrons. The van der Waals surface area contributed by atoms with E-state index in [0.29, 0.717) is 18.2 Å². The van der Waals surface area contributed by atoms with Crippen molar-refractivity contribution in [2.24, 2.45) is 5.73 Å². The third-order valence-electron chi connectivity index (χ3n) is 3.62. The zero-order chi connectivity index (χ0) is 12.0. The van der Waals surface area contributed by atoms with Crippen LogP contribution in [0.1, 0.15) is 26.2 Å². The summed E-state index contributed by atoms with van der Waals surface area (Å²) in [6.07, 6.45) is 3.64. The van der Waals surface area contributed by atoms with Gasteiger partial charge in [0.05, 0.1) is 6.10 Å². The van der Waals surface area contributed by atoms with Crippen molar-refractivity contribution in [3.05, 3.63) is 0 Å². The third kappa shape index (κ3) is 3.70. The second kappa shape index (κ2) is 7.22. The molecule has 0 saturated carbocycles. The van der Waals surface area contributed by atoms with Crippen LogP contribution in [0, 0.1) is 0 Å². The van der Waals surface area contributed by atoms with Gasteiger partial charge >= 0.3 is 0 Å². The first-order valence-electron chi connectivity index (χ1n) is 6.20. The Hall–Kier alpha value is -0.160. The van der Waals surface area contributed by atoms with Crippen LogP contribution in [-0.2, 0) is 9.47 Å². The second-order valence-electron chi connectivity index (χ2n) is 4.64. The first-order chi connectivity index (χ1) is 7.72. The van der Waals surface area contributed by atoms with E-state index in [1.54, 1.807) is 14.2 Å². The highest BCUT2D eigenvalue weighted by Crippen LogP contribution is 2.22. The normalized spacial score (nSPS) is 29.2. The van der Waals surface area contributed by atoms with Crippen LogP contribution in [0.4, 0.5) is 0 Å². The van der Waals surface area contributed by atoms with Crippen molar-refractivity contribution in [3.8, 4) is 0 Å². The summed E-state index contributed by atoms with van der Waals surface area (Å²) in [5, 5.41) is 0. The van der Waals surface area contributed by atoms with Gasteiger partial charge in [0.1, 0.15) is 0 Å². The fourth-order valence-corrected chi connectivity index (χ4v) is 2.51. The predicted octanol–water partition coefficient (Wildman–Crippen LogP) is 0.850. The number of rotatable bonds is 6. The first-order valence-corrected chi connectivity index (χ1v) is 6.20. The maximum absolute atomic E-state index is 5.85. The Morgan fingerprint density at radius 2 is 2.19 bits per heavy atom. The van der Waals surface area contributed by atoms with E-state index in [0.717, 1.165) is 39.0 Å². The van der Waals surface area contributed by atoms with Crippen LogP contribution in [0.3, 0.4) is 0 Å². The summed E-state index contributed by atoms with van der Waals surface area (Å²) < 4.78 is 10.6. The van der Waals surface area contributed by atoms with Gasteiger partial charge in [-0.25, -0.2) is 0 Å². The Bertz CT molecular complexity index is 190. The lowest BCUT2D eigenvalue weighted by Crippen LogP contribution is -2.52. The summed E-state index contributed by atoms with van der Waals surface area (Å²) in [4.78, 5) is 2.51. The van der Waals surface area contributed by atoms with E-state index in [9.17, 15) is 0 Å². The molecule has 96 valence electrons. The molecule has 1 heterocycles. The minimum Gasteiger partial charge on any atom is -0.385 e. The molecule has 4 heteroatoms. The average Bonchev–Trinajstić information content (AvgIpc) is 2.34. The van der Waals surface area contributed by atoms with E-state index < -0.39 is 0 Å². The van der Waals surface area contributed by atoms with Gasteiger partial charge in [0, 0.05) is 46.0 Å². The van der Waals surface area contributed by atoms with Gasteiger partial charge in [0.25, 0.3) is 0 Å². The largest absolute Gasteiger partial charge is 0.385 e. The van der Waals surface area contributed by atoms with Crippen LogP contribution in [0.15, 0.2) is 0 Å². The molecule has 1 aliphatic heterocycles. The van der Waals surface area contributed by atoms with Gasteiger partial charge in [-0.2, -0.15) is 0 Å². The van der Waals surface area contributed by atoms with E-state index in [1.807, 2.05) is 0 Å². The maximum Gasteiger partial charge on any atom is 0.0599 e. The Labute approximate surface area is 99.1 Å². The number of hydrogen-bond acceptors (Lipinski definition) is 4. The van der Waals surface area contributed by atoms with Crippen molar-refractivity contribution in [2.75, 3.05) is 33.9 Å². The average molecular weight is 230 g/mol. The van der Waals surface area contributed by atoms with Crippen molar-refractivity contribution < 1.29 is 9.47 Å². The maximum atomic E-state index is 5.85. The lowest BCUT2D eigenvalue weighted by atomic mass is 9.97. The number of nitrogens with zero attached hydrogens (tertiary/aromatic N) is 1. The van der Waals surface area contributed by atoms with Crippen LogP contribution >= 0.6 is 0 Å². The fourth-order valence-electron chi connectivity index (χ4n) is 2.51. The Morgan fingerprint density at radius 3 is 2.75 bits per heavy atom. The highest BCUT2D eigenvalue weighted by Gasteiger charge is 2.30. The molecule has 0 bridgehead atoms. The molecule has 1 fully saturated rings. The number of likely N-dealkylation sites (tertiary alicyclic amines) is 1. The molecular formula is C12H26N2O2. The SMILES string of the molecule is COCCC(C)N1CCC(OC)CC1CN. The van der Waals surface area contributed by atoms with Gasteiger partial charge in [-0.3, -0.25) is 4.90 Å². The number of nitrogens with two attached hydrogens (primary N) is 1. The van der Waals surface area contributed by atoms with Crippen molar-refractivity contribution in [2.45, 2.75) is 44.4 Å². The van der Waals surface area contributed by atoms with Crippen molar-refractivity contribution in [1.29, 1.82) is 0 Å². The summed E-state index contributed by atoms with van der Waals surface area (Å²) in [6, 6.07) is 1.01. The lowest BCUT2D eigenvalue weighted by Gasteiger charge is -2.42. The standard InChI is InChI=1S/C12H26N2O2/c1-10(5-7-15-2)14-6-4-12(16-3)8-11(14)9-13/h10-12H,4-9,13H2,1-3H3. The summed E-state index contributed by atoms with van der Waals surface area (Å²) in [5.74, 6) is 0. The molecule has 0 aromatic heterocycles. The minimum absolute atomic E-state index is 0.388. The summed E-state index contributed by atoms with van der Waals surface area (Å²) in [5.41, 5.74) is 5.85. The van der Waals surface area contributed by atoms with Gasteiger partial charge in [0.15, 0.2) is 0 Å². The number of piperidine rings is 1. The highest BCUT2D eigenvalue weighted by molar-refractivity contribution is 4.85. The summed E-state index contributed by atoms with van der Waals surface area (Å²) in [6.45, 7) is 4.89. The molecule has 0 amide bonds. The van der Waals surface area contributed by atoms with E-state index in [2.05, 4.69) is 11.8 Å². The molecule has 1 saturated heterocycles. The highest BCUT2D eigenvalue weighted by atomic mass is 16.5. The van der Waals surface area contributed by atoms with Crippen LogP contribution in [0.25, 0.3) is 0 Å². The molecule has 16 heavy (non-hydrogen) atoms. The topological polar surface area (TPSA) is 47.7 Å². The van der Waals surface area contributed by atoms with Gasteiger partial charge in [-0.15, -0.1) is 0 Å². The van der Waals surface area contributed by atoms with Crippen LogP contribution in [-0.4, -0.2) is 57.0 Å². The smallest absolute Gasteiger partial charge is 0.0599 e. The van der Waals surface area contributed by atoms with Crippen molar-refractivity contribution in [3.63, 3.8) is 0 Å². The zero-order valence-corrected chi connectivity index (χ0v) is 10.8. The molecule has 0 aromatic rings. The van der Waals surface area contributed by atoms with E-state index >= 15 is 0 Å². The molecule has 0 aliphatic carbocycles. The molecule has 2 N–H and O–H groups in total. The summed E-state index contributed by atoms with van der Waals surface area (Å²) in [7, 11) is 3.55. The fraction of sp³-hybridized carbons (Fsp3) is 1.00. The molecule has 1 rings (SSSR count). The van der Waals surface area contributed by atoms with Gasteiger partial charge in [0.2, 0.25) is 0 Å². The molecular weight excluding hydrogens is 204 g/mol. The van der Waals surface area contributed by atoms with E-state index in [-0.39, 0.29) is 0 Å². The molecule has 1 aliphatic rings. The van der Waals surface area contributed by atoms with E-state index in [4.69, 9.17) is 15.2 Å². The van der Waals surface area contributed by atoms with Gasteiger partial charge in [-0.05, 0) is 26.2 Å². The zero-order valence-electron chi connectivity index (χ0n) is 10.8. The monoisotopic (exact) mass is 230 g/mol. The minimum atomic E-state index is 0.388. The Balaban J connectivity index is 2.45. The molecule has 3 unspecified atom stereocenters. The van der Waals surface area contributed by atoms with Gasteiger partial charge in [-0.1, -0.05) is 0 Å². The van der Waals surface area contributed by atoms with Crippen LogP contribution < -0.4 is 5.73 Å². The third-order valence-corrected chi connectivity index (χ3v) is 3.62. The van der Waals surface area contributed by atoms with Crippen LogP contribution in [0.2, 0.25) is 0 Å². The molecule has 0 spiro atoms. The van der Waals surface area contributed by atoms with Crippen molar-refractivity contribution in [1.82, 2.24) is 4.90 Å². The first kappa shape index (κ1) is 13.9. The molecule has 4 nitrogen and oxygen atoms in total. The molecule has 0 aromatic carbocycles.